The monoisotopic (exact) mass is 282 g/mol. The normalized spacial score (nSPS) is 12.9. The van der Waals surface area contributed by atoms with Gasteiger partial charge >= 0.3 is 19.5 Å². The molecule has 0 N–H and O–H groups in total. The summed E-state index contributed by atoms with van der Waals surface area (Å²) in [4.78, 5) is 22.8. The maximum absolute atomic E-state index is 12.4. The van der Waals surface area contributed by atoms with Crippen molar-refractivity contribution in [3.8, 4) is 0 Å². The van der Waals surface area contributed by atoms with Crippen LogP contribution in [-0.4, -0.2) is 45.0 Å². The van der Waals surface area contributed by atoms with Crippen LogP contribution in [0.3, 0.4) is 0 Å². The number of methoxy groups -OCH3 is 2. The highest BCUT2D eigenvalue weighted by atomic mass is 31.2. The maximum Gasteiger partial charge on any atom is 0.345 e. The molecule has 0 heterocycles. The molecule has 18 heavy (non-hydrogen) atoms. The van der Waals surface area contributed by atoms with Gasteiger partial charge in [-0.25, -0.2) is 0 Å². The van der Waals surface area contributed by atoms with Crippen LogP contribution in [0, 0.1) is 0 Å². The molecular weight excluding hydrogens is 263 g/mol. The maximum atomic E-state index is 12.4. The van der Waals surface area contributed by atoms with Crippen LogP contribution in [0.2, 0.25) is 0 Å². The van der Waals surface area contributed by atoms with Gasteiger partial charge in [-0.05, 0) is 13.8 Å². The van der Waals surface area contributed by atoms with E-state index in [-0.39, 0.29) is 13.2 Å². The zero-order valence-corrected chi connectivity index (χ0v) is 11.9. The minimum Gasteiger partial charge on any atom is -0.469 e. The molecule has 0 amide bonds. The summed E-state index contributed by atoms with van der Waals surface area (Å²) >= 11 is 0. The Kier molecular flexibility index (Phi) is 7.82. The Labute approximate surface area is 106 Å². The SMILES string of the molecule is CCOP(=O)(OCC)C(CC(=O)OC)C(=O)OC. The Hall–Kier alpha value is -0.910. The van der Waals surface area contributed by atoms with Crippen LogP contribution in [0.15, 0.2) is 0 Å². The van der Waals surface area contributed by atoms with Crippen molar-refractivity contribution in [1.82, 2.24) is 0 Å². The number of carbonyl (C=O) groups is 2. The number of hydrogen-bond acceptors (Lipinski definition) is 7. The van der Waals surface area contributed by atoms with E-state index in [0.29, 0.717) is 0 Å². The van der Waals surface area contributed by atoms with Crippen molar-refractivity contribution >= 4 is 19.5 Å². The van der Waals surface area contributed by atoms with Crippen molar-refractivity contribution in [2.75, 3.05) is 27.4 Å². The van der Waals surface area contributed by atoms with Crippen LogP contribution in [0.4, 0.5) is 0 Å². The van der Waals surface area contributed by atoms with E-state index in [1.54, 1.807) is 13.8 Å². The number of carbonyl (C=O) groups excluding carboxylic acids is 2. The number of rotatable bonds is 8. The van der Waals surface area contributed by atoms with E-state index < -0.39 is 31.6 Å². The molecule has 1 atom stereocenters. The third-order valence-corrected chi connectivity index (χ3v) is 4.45. The zero-order valence-electron chi connectivity index (χ0n) is 11.0. The van der Waals surface area contributed by atoms with E-state index in [0.717, 1.165) is 7.11 Å². The smallest absolute Gasteiger partial charge is 0.345 e. The molecule has 0 saturated heterocycles. The van der Waals surface area contributed by atoms with Crippen LogP contribution >= 0.6 is 7.60 Å². The lowest BCUT2D eigenvalue weighted by atomic mass is 10.3. The molecule has 0 fully saturated rings. The van der Waals surface area contributed by atoms with Gasteiger partial charge < -0.3 is 18.5 Å². The number of ether oxygens (including phenoxy) is 2. The molecule has 0 radical (unpaired) electrons. The summed E-state index contributed by atoms with van der Waals surface area (Å²) in [7, 11) is -1.44. The molecule has 1 unspecified atom stereocenters. The summed E-state index contributed by atoms with van der Waals surface area (Å²) in [6.45, 7) is 3.40. The molecule has 0 rings (SSSR count). The van der Waals surface area contributed by atoms with E-state index in [9.17, 15) is 14.2 Å². The summed E-state index contributed by atoms with van der Waals surface area (Å²) in [6, 6.07) is 0. The van der Waals surface area contributed by atoms with E-state index in [4.69, 9.17) is 9.05 Å². The van der Waals surface area contributed by atoms with Crippen molar-refractivity contribution in [3.63, 3.8) is 0 Å². The summed E-state index contributed by atoms with van der Waals surface area (Å²) in [5, 5.41) is 0. The lowest BCUT2D eigenvalue weighted by Gasteiger charge is -2.23. The fourth-order valence-corrected chi connectivity index (χ4v) is 3.17. The molecule has 8 heteroatoms. The highest BCUT2D eigenvalue weighted by Crippen LogP contribution is 2.54. The van der Waals surface area contributed by atoms with Crippen molar-refractivity contribution in [3.05, 3.63) is 0 Å². The molecule has 0 aromatic carbocycles. The summed E-state index contributed by atoms with van der Waals surface area (Å²) in [5.41, 5.74) is -1.31. The first-order chi connectivity index (χ1) is 8.45. The van der Waals surface area contributed by atoms with E-state index in [1.807, 2.05) is 0 Å². The number of esters is 2. The van der Waals surface area contributed by atoms with Crippen molar-refractivity contribution in [1.29, 1.82) is 0 Å². The summed E-state index contributed by atoms with van der Waals surface area (Å²) in [5.74, 6) is -1.52. The molecule has 0 bridgehead atoms. The molecular formula is C10H19O7P. The van der Waals surface area contributed by atoms with Gasteiger partial charge in [0, 0.05) is 0 Å². The Morgan fingerprint density at radius 2 is 1.56 bits per heavy atom. The van der Waals surface area contributed by atoms with Gasteiger partial charge in [-0.2, -0.15) is 0 Å². The fourth-order valence-electron chi connectivity index (χ4n) is 1.28. The lowest BCUT2D eigenvalue weighted by Crippen LogP contribution is -2.28. The average Bonchev–Trinajstić information content (AvgIpc) is 2.35. The van der Waals surface area contributed by atoms with E-state index in [1.165, 1.54) is 7.11 Å². The molecule has 0 aromatic rings. The highest BCUT2D eigenvalue weighted by Gasteiger charge is 2.43. The van der Waals surface area contributed by atoms with Gasteiger partial charge in [-0.15, -0.1) is 0 Å². The van der Waals surface area contributed by atoms with Gasteiger partial charge in [0.2, 0.25) is 0 Å². The first kappa shape index (κ1) is 17.1. The summed E-state index contributed by atoms with van der Waals surface area (Å²) in [6.07, 6.45) is -0.416. The standard InChI is InChI=1S/C10H19O7P/c1-5-16-18(13,17-6-2)8(10(12)15-4)7-9(11)14-3/h8H,5-7H2,1-4H3. The molecule has 0 aliphatic carbocycles. The minimum atomic E-state index is -3.74. The van der Waals surface area contributed by atoms with Crippen LogP contribution in [0.25, 0.3) is 0 Å². The quantitative estimate of drug-likeness (QED) is 0.490. The molecule has 0 aromatic heterocycles. The van der Waals surface area contributed by atoms with Crippen molar-refractivity contribution in [2.24, 2.45) is 0 Å². The first-order valence-corrected chi connectivity index (χ1v) is 7.09. The second-order valence-corrected chi connectivity index (χ2v) is 5.41. The van der Waals surface area contributed by atoms with Gasteiger partial charge in [0.1, 0.15) is 0 Å². The predicted octanol–water partition coefficient (Wildman–Crippen LogP) is 1.36. The fraction of sp³-hybridized carbons (Fsp3) is 0.800. The molecule has 7 nitrogen and oxygen atoms in total. The second kappa shape index (κ2) is 8.24. The Morgan fingerprint density at radius 1 is 1.06 bits per heavy atom. The highest BCUT2D eigenvalue weighted by molar-refractivity contribution is 7.55. The number of hydrogen-bond donors (Lipinski definition) is 0. The molecule has 106 valence electrons. The second-order valence-electron chi connectivity index (χ2n) is 3.19. The Balaban J connectivity index is 5.16. The Bertz CT molecular complexity index is 318. The molecule has 0 aliphatic rings. The predicted molar refractivity (Wildman–Crippen MR) is 63.3 cm³/mol. The van der Waals surface area contributed by atoms with Gasteiger partial charge in [0.15, 0.2) is 5.66 Å². The first-order valence-electron chi connectivity index (χ1n) is 5.48. The minimum absolute atomic E-state index is 0.0892. The van der Waals surface area contributed by atoms with E-state index in [2.05, 4.69) is 9.47 Å². The van der Waals surface area contributed by atoms with Gasteiger partial charge in [0.05, 0.1) is 33.9 Å². The summed E-state index contributed by atoms with van der Waals surface area (Å²) < 4.78 is 31.4. The van der Waals surface area contributed by atoms with Gasteiger partial charge in [-0.3, -0.25) is 14.2 Å². The molecule has 0 aliphatic heterocycles. The Morgan fingerprint density at radius 3 is 1.89 bits per heavy atom. The third-order valence-electron chi connectivity index (χ3n) is 2.06. The van der Waals surface area contributed by atoms with Crippen LogP contribution in [0.5, 0.6) is 0 Å². The van der Waals surface area contributed by atoms with Gasteiger partial charge in [0.25, 0.3) is 0 Å². The van der Waals surface area contributed by atoms with Gasteiger partial charge in [-0.1, -0.05) is 0 Å². The lowest BCUT2D eigenvalue weighted by molar-refractivity contribution is -0.147. The van der Waals surface area contributed by atoms with E-state index >= 15 is 0 Å². The van der Waals surface area contributed by atoms with Crippen molar-refractivity contribution in [2.45, 2.75) is 25.9 Å². The topological polar surface area (TPSA) is 88.1 Å². The average molecular weight is 282 g/mol. The van der Waals surface area contributed by atoms with Crippen molar-refractivity contribution < 1.29 is 32.7 Å². The van der Waals surface area contributed by atoms with Crippen LogP contribution in [-0.2, 0) is 32.7 Å². The molecule has 0 saturated carbocycles. The zero-order chi connectivity index (χ0) is 14.2. The van der Waals surface area contributed by atoms with Crippen LogP contribution < -0.4 is 0 Å². The third kappa shape index (κ3) is 4.76. The molecule has 0 spiro atoms. The largest absolute Gasteiger partial charge is 0.469 e. The van der Waals surface area contributed by atoms with Crippen LogP contribution in [0.1, 0.15) is 20.3 Å².